The maximum atomic E-state index is 5.65. The molecule has 0 aliphatic rings. The van der Waals surface area contributed by atoms with Crippen molar-refractivity contribution < 1.29 is 4.74 Å². The molecule has 0 saturated carbocycles. The van der Waals surface area contributed by atoms with Crippen LogP contribution in [0.15, 0.2) is 24.3 Å². The standard InChI is InChI=1S/C13H21NOS/c1-11(2)15-13-6-4-5-12(9-13)10-14-7-8-16-3/h4-6,9,11,14H,7-8,10H2,1-3H3. The van der Waals surface area contributed by atoms with Gasteiger partial charge < -0.3 is 10.1 Å². The molecule has 0 unspecified atom stereocenters. The van der Waals surface area contributed by atoms with Gasteiger partial charge in [-0.1, -0.05) is 12.1 Å². The van der Waals surface area contributed by atoms with Gasteiger partial charge in [0.25, 0.3) is 0 Å². The van der Waals surface area contributed by atoms with Crippen LogP contribution in [0.2, 0.25) is 0 Å². The van der Waals surface area contributed by atoms with Gasteiger partial charge >= 0.3 is 0 Å². The van der Waals surface area contributed by atoms with Crippen molar-refractivity contribution in [2.45, 2.75) is 26.5 Å². The van der Waals surface area contributed by atoms with Crippen LogP contribution in [-0.2, 0) is 6.54 Å². The highest BCUT2D eigenvalue weighted by molar-refractivity contribution is 7.98. The normalized spacial score (nSPS) is 10.8. The first kappa shape index (κ1) is 13.4. The Morgan fingerprint density at radius 2 is 2.19 bits per heavy atom. The highest BCUT2D eigenvalue weighted by Gasteiger charge is 1.99. The van der Waals surface area contributed by atoms with Gasteiger partial charge in [0, 0.05) is 18.8 Å². The second-order valence-corrected chi connectivity index (χ2v) is 4.97. The molecule has 0 aliphatic heterocycles. The van der Waals surface area contributed by atoms with Crippen LogP contribution in [0.5, 0.6) is 5.75 Å². The van der Waals surface area contributed by atoms with Crippen molar-refractivity contribution >= 4 is 11.8 Å². The highest BCUT2D eigenvalue weighted by atomic mass is 32.2. The van der Waals surface area contributed by atoms with E-state index in [1.54, 1.807) is 0 Å². The summed E-state index contributed by atoms with van der Waals surface area (Å²) in [6.45, 7) is 6.05. The van der Waals surface area contributed by atoms with Crippen molar-refractivity contribution in [2.24, 2.45) is 0 Å². The minimum Gasteiger partial charge on any atom is -0.491 e. The Bertz CT molecular complexity index is 302. The molecule has 0 radical (unpaired) electrons. The van der Waals surface area contributed by atoms with Crippen LogP contribution in [-0.4, -0.2) is 24.7 Å². The Kier molecular flexibility index (Phi) is 6.34. The minimum atomic E-state index is 0.236. The number of ether oxygens (including phenoxy) is 1. The molecule has 0 bridgehead atoms. The van der Waals surface area contributed by atoms with E-state index < -0.39 is 0 Å². The van der Waals surface area contributed by atoms with E-state index in [-0.39, 0.29) is 6.10 Å². The molecule has 0 aliphatic carbocycles. The van der Waals surface area contributed by atoms with E-state index in [2.05, 4.69) is 23.7 Å². The lowest BCUT2D eigenvalue weighted by Crippen LogP contribution is -2.16. The quantitative estimate of drug-likeness (QED) is 0.739. The van der Waals surface area contributed by atoms with Gasteiger partial charge in [0.15, 0.2) is 0 Å². The summed E-state index contributed by atoms with van der Waals surface area (Å²) in [6, 6.07) is 8.28. The lowest BCUT2D eigenvalue weighted by atomic mass is 10.2. The van der Waals surface area contributed by atoms with Gasteiger partial charge in [0.05, 0.1) is 6.10 Å². The average Bonchev–Trinajstić information content (AvgIpc) is 2.24. The van der Waals surface area contributed by atoms with Crippen molar-refractivity contribution in [2.75, 3.05) is 18.6 Å². The summed E-state index contributed by atoms with van der Waals surface area (Å²) in [4.78, 5) is 0. The Labute approximate surface area is 103 Å². The van der Waals surface area contributed by atoms with E-state index in [0.29, 0.717) is 0 Å². The molecule has 90 valence electrons. The molecule has 0 aromatic heterocycles. The molecule has 0 atom stereocenters. The lowest BCUT2D eigenvalue weighted by molar-refractivity contribution is 0.242. The Morgan fingerprint density at radius 3 is 2.88 bits per heavy atom. The SMILES string of the molecule is CSCCNCc1cccc(OC(C)C)c1. The molecule has 0 spiro atoms. The van der Waals surface area contributed by atoms with Gasteiger partial charge in [-0.25, -0.2) is 0 Å². The largest absolute Gasteiger partial charge is 0.491 e. The number of benzene rings is 1. The molecule has 1 N–H and O–H groups in total. The third kappa shape index (κ3) is 5.42. The van der Waals surface area contributed by atoms with Gasteiger partial charge in [-0.05, 0) is 37.8 Å². The average molecular weight is 239 g/mol. The van der Waals surface area contributed by atoms with E-state index in [9.17, 15) is 0 Å². The number of thioether (sulfide) groups is 1. The molecule has 0 amide bonds. The molecular weight excluding hydrogens is 218 g/mol. The summed E-state index contributed by atoms with van der Waals surface area (Å²) in [5, 5.41) is 3.41. The Hall–Kier alpha value is -0.670. The van der Waals surface area contributed by atoms with Crippen LogP contribution >= 0.6 is 11.8 Å². The van der Waals surface area contributed by atoms with E-state index in [1.165, 1.54) is 5.56 Å². The van der Waals surface area contributed by atoms with Crippen LogP contribution in [0.4, 0.5) is 0 Å². The van der Waals surface area contributed by atoms with E-state index in [4.69, 9.17) is 4.74 Å². The smallest absolute Gasteiger partial charge is 0.120 e. The van der Waals surface area contributed by atoms with Crippen molar-refractivity contribution in [3.05, 3.63) is 29.8 Å². The minimum absolute atomic E-state index is 0.236. The fraction of sp³-hybridized carbons (Fsp3) is 0.538. The summed E-state index contributed by atoms with van der Waals surface area (Å²) in [6.07, 6.45) is 2.36. The molecule has 0 fully saturated rings. The summed E-state index contributed by atoms with van der Waals surface area (Å²) in [5.74, 6) is 2.11. The Balaban J connectivity index is 2.41. The molecule has 3 heteroatoms. The van der Waals surface area contributed by atoms with Crippen molar-refractivity contribution in [1.29, 1.82) is 0 Å². The van der Waals surface area contributed by atoms with Gasteiger partial charge in [0.2, 0.25) is 0 Å². The Morgan fingerprint density at radius 1 is 1.38 bits per heavy atom. The number of rotatable bonds is 7. The third-order valence-electron chi connectivity index (χ3n) is 2.08. The van der Waals surface area contributed by atoms with Crippen LogP contribution in [0.1, 0.15) is 19.4 Å². The van der Waals surface area contributed by atoms with Gasteiger partial charge in [-0.15, -0.1) is 0 Å². The number of hydrogen-bond donors (Lipinski definition) is 1. The first-order valence-electron chi connectivity index (χ1n) is 5.67. The third-order valence-corrected chi connectivity index (χ3v) is 2.69. The second kappa shape index (κ2) is 7.58. The molecule has 1 aromatic rings. The second-order valence-electron chi connectivity index (χ2n) is 3.98. The van der Waals surface area contributed by atoms with Crippen molar-refractivity contribution in [1.82, 2.24) is 5.32 Å². The topological polar surface area (TPSA) is 21.3 Å². The zero-order valence-corrected chi connectivity index (χ0v) is 11.1. The zero-order chi connectivity index (χ0) is 11.8. The fourth-order valence-electron chi connectivity index (χ4n) is 1.41. The zero-order valence-electron chi connectivity index (χ0n) is 10.3. The maximum Gasteiger partial charge on any atom is 0.120 e. The van der Waals surface area contributed by atoms with Gasteiger partial charge in [-0.2, -0.15) is 11.8 Å². The van der Waals surface area contributed by atoms with E-state index in [0.717, 1.165) is 24.6 Å². The van der Waals surface area contributed by atoms with Crippen LogP contribution in [0.3, 0.4) is 0 Å². The van der Waals surface area contributed by atoms with E-state index in [1.807, 2.05) is 37.7 Å². The molecular formula is C13H21NOS. The number of hydrogen-bond acceptors (Lipinski definition) is 3. The van der Waals surface area contributed by atoms with Crippen molar-refractivity contribution in [3.8, 4) is 5.75 Å². The summed E-state index contributed by atoms with van der Waals surface area (Å²) in [7, 11) is 0. The fourth-order valence-corrected chi connectivity index (χ4v) is 1.76. The predicted molar refractivity (Wildman–Crippen MR) is 72.3 cm³/mol. The first-order chi connectivity index (χ1) is 7.72. The molecule has 1 rings (SSSR count). The van der Waals surface area contributed by atoms with Gasteiger partial charge in [-0.3, -0.25) is 0 Å². The van der Waals surface area contributed by atoms with Crippen molar-refractivity contribution in [3.63, 3.8) is 0 Å². The molecule has 0 heterocycles. The highest BCUT2D eigenvalue weighted by Crippen LogP contribution is 2.14. The first-order valence-corrected chi connectivity index (χ1v) is 7.07. The van der Waals surface area contributed by atoms with Crippen LogP contribution in [0, 0.1) is 0 Å². The lowest BCUT2D eigenvalue weighted by Gasteiger charge is -2.11. The van der Waals surface area contributed by atoms with Crippen LogP contribution in [0.25, 0.3) is 0 Å². The number of nitrogens with one attached hydrogen (secondary N) is 1. The molecule has 1 aromatic carbocycles. The molecule has 16 heavy (non-hydrogen) atoms. The van der Waals surface area contributed by atoms with Crippen LogP contribution < -0.4 is 10.1 Å². The van der Waals surface area contributed by atoms with Gasteiger partial charge in [0.1, 0.15) is 5.75 Å². The maximum absolute atomic E-state index is 5.65. The summed E-state index contributed by atoms with van der Waals surface area (Å²) >= 11 is 1.86. The molecule has 2 nitrogen and oxygen atoms in total. The summed E-state index contributed by atoms with van der Waals surface area (Å²) in [5.41, 5.74) is 1.28. The summed E-state index contributed by atoms with van der Waals surface area (Å²) < 4.78 is 5.65. The predicted octanol–water partition coefficient (Wildman–Crippen LogP) is 2.93. The van der Waals surface area contributed by atoms with E-state index >= 15 is 0 Å². The monoisotopic (exact) mass is 239 g/mol. The molecule has 0 saturated heterocycles.